The molecule has 526 valence electrons. The Morgan fingerprint density at radius 1 is 0.402 bits per heavy atom. The van der Waals surface area contributed by atoms with Crippen molar-refractivity contribution in [3.63, 3.8) is 0 Å². The molecule has 0 aromatic heterocycles. The van der Waals surface area contributed by atoms with Crippen molar-refractivity contribution in [2.75, 3.05) is 26.4 Å². The lowest BCUT2D eigenvalue weighted by Crippen LogP contribution is -2.66. The van der Waals surface area contributed by atoms with E-state index >= 15 is 0 Å². The molecule has 17 atom stereocenters. The van der Waals surface area contributed by atoms with Gasteiger partial charge in [-0.1, -0.05) is 219 Å². The smallest absolute Gasteiger partial charge is 0.220 e. The molecule has 0 bridgehead atoms. The van der Waals surface area contributed by atoms with Crippen LogP contribution in [0.15, 0.2) is 122 Å². The van der Waals surface area contributed by atoms with Gasteiger partial charge in [0.1, 0.15) is 73.2 Å². The van der Waals surface area contributed by atoms with Gasteiger partial charge in [0.15, 0.2) is 18.9 Å². The average Bonchev–Trinajstić information content (AvgIpc) is 0.838. The van der Waals surface area contributed by atoms with Crippen molar-refractivity contribution in [3.8, 4) is 0 Å². The van der Waals surface area contributed by atoms with Gasteiger partial charge in [0.2, 0.25) is 5.91 Å². The van der Waals surface area contributed by atoms with Gasteiger partial charge in [0.25, 0.3) is 0 Å². The van der Waals surface area contributed by atoms with Gasteiger partial charge in [-0.2, -0.15) is 0 Å². The van der Waals surface area contributed by atoms with E-state index in [0.717, 1.165) is 70.6 Å². The standard InChI is InChI=1S/C73H121NO18/c1-3-5-7-9-11-13-15-17-19-21-23-25-27-29-30-32-34-36-38-40-42-44-46-48-50-57(78)56(74-61(79)51-49-47-45-43-41-39-37-35-33-31-28-26-24-22-20-18-16-14-12-10-8-6-4-2)55-87-71-67(85)64(82)69(59(53-76)89-71)92-73-68(86)65(83)70(60(54-77)90-73)91-72-66(84)63(81)62(80)58(52-75)88-72/h6,8,12,14,18,20,24,26,31-34,37,39-40,42-43,45,48,50,56-60,62-73,75-78,80-86H,3-5,7,9-11,13,15-17,19,21-23,25,27-30,35-36,38,41,44,46-47,49,51-55H2,1-2H3,(H,74,79)/b8-6-,14-12-,20-18-,26-24-,33-31-,34-32+,39-37-,42-40+,45-43-,50-48+. The van der Waals surface area contributed by atoms with E-state index in [2.05, 4.69) is 116 Å². The van der Waals surface area contributed by atoms with E-state index in [1.165, 1.54) is 89.9 Å². The fraction of sp³-hybridized carbons (Fsp3) is 0.712. The molecule has 3 heterocycles. The lowest BCUT2D eigenvalue weighted by atomic mass is 9.96. The zero-order chi connectivity index (χ0) is 66.8. The zero-order valence-corrected chi connectivity index (χ0v) is 55.5. The second-order valence-electron chi connectivity index (χ2n) is 24.2. The summed E-state index contributed by atoms with van der Waals surface area (Å²) in [4.78, 5) is 13.4. The summed E-state index contributed by atoms with van der Waals surface area (Å²) >= 11 is 0. The van der Waals surface area contributed by atoms with E-state index < -0.39 is 131 Å². The lowest BCUT2D eigenvalue weighted by molar-refractivity contribution is -0.379. The van der Waals surface area contributed by atoms with Gasteiger partial charge in [-0.15, -0.1) is 0 Å². The topological polar surface area (TPSA) is 307 Å². The molecule has 0 aliphatic carbocycles. The SMILES string of the molecule is CC/C=C\C/C=C\C/C=C\C/C=C\C/C=C\C/C=C\C/C=C\CCCC(=O)NC(COC1OC(CO)C(OC2OC(CO)C(OC3OC(CO)C(O)C(O)C3O)C(O)C2O)C(O)C1O)C(O)/C=C/CC/C=C/CC/C=C/CCCCCCCCCCCCCCCC. The molecule has 19 nitrogen and oxygen atoms in total. The maximum atomic E-state index is 13.4. The minimum absolute atomic E-state index is 0.144. The van der Waals surface area contributed by atoms with Crippen LogP contribution in [0.1, 0.15) is 200 Å². The summed E-state index contributed by atoms with van der Waals surface area (Å²) in [5.41, 5.74) is 0. The van der Waals surface area contributed by atoms with Crippen molar-refractivity contribution >= 4 is 5.91 Å². The Morgan fingerprint density at radius 2 is 0.761 bits per heavy atom. The maximum absolute atomic E-state index is 13.4. The summed E-state index contributed by atoms with van der Waals surface area (Å²) in [5, 5.41) is 120. The van der Waals surface area contributed by atoms with Gasteiger partial charge < -0.3 is 89.9 Å². The number of aliphatic hydroxyl groups excluding tert-OH is 11. The Balaban J connectivity index is 1.49. The van der Waals surface area contributed by atoms with E-state index in [4.69, 9.17) is 28.4 Å². The van der Waals surface area contributed by atoms with Crippen molar-refractivity contribution < 1.29 is 89.4 Å². The first kappa shape index (κ1) is 82.4. The van der Waals surface area contributed by atoms with Gasteiger partial charge in [-0.25, -0.2) is 0 Å². The summed E-state index contributed by atoms with van der Waals surface area (Å²) in [6, 6.07) is -1.04. The fourth-order valence-corrected chi connectivity index (χ4v) is 10.9. The lowest BCUT2D eigenvalue weighted by Gasteiger charge is -2.48. The van der Waals surface area contributed by atoms with Crippen LogP contribution in [0.5, 0.6) is 0 Å². The third-order valence-electron chi connectivity index (χ3n) is 16.5. The summed E-state index contributed by atoms with van der Waals surface area (Å²) in [6.07, 6.45) is 46.1. The first-order chi connectivity index (χ1) is 44.8. The van der Waals surface area contributed by atoms with E-state index in [1.54, 1.807) is 6.08 Å². The number of nitrogens with one attached hydrogen (secondary N) is 1. The highest BCUT2D eigenvalue weighted by Gasteiger charge is 2.53. The van der Waals surface area contributed by atoms with Crippen LogP contribution in [0, 0.1) is 0 Å². The van der Waals surface area contributed by atoms with E-state index in [0.29, 0.717) is 19.3 Å². The van der Waals surface area contributed by atoms with Crippen molar-refractivity contribution in [1.29, 1.82) is 0 Å². The number of aliphatic hydroxyl groups is 11. The van der Waals surface area contributed by atoms with Crippen LogP contribution in [0.4, 0.5) is 0 Å². The van der Waals surface area contributed by atoms with Gasteiger partial charge in [0, 0.05) is 6.42 Å². The number of hydrogen-bond donors (Lipinski definition) is 12. The summed E-state index contributed by atoms with van der Waals surface area (Å²) in [6.45, 7) is 1.54. The quantitative estimate of drug-likeness (QED) is 0.0199. The molecule has 92 heavy (non-hydrogen) atoms. The Kier molecular flexibility index (Phi) is 47.8. The second-order valence-corrected chi connectivity index (χ2v) is 24.2. The van der Waals surface area contributed by atoms with E-state index in [9.17, 15) is 61.0 Å². The summed E-state index contributed by atoms with van der Waals surface area (Å²) < 4.78 is 34.3. The van der Waals surface area contributed by atoms with Crippen molar-refractivity contribution in [2.45, 2.75) is 304 Å². The van der Waals surface area contributed by atoms with Crippen molar-refractivity contribution in [2.24, 2.45) is 0 Å². The highest BCUT2D eigenvalue weighted by atomic mass is 16.8. The zero-order valence-electron chi connectivity index (χ0n) is 55.5. The summed E-state index contributed by atoms with van der Waals surface area (Å²) in [5.74, 6) is -0.352. The Morgan fingerprint density at radius 3 is 1.22 bits per heavy atom. The fourth-order valence-electron chi connectivity index (χ4n) is 10.9. The minimum Gasteiger partial charge on any atom is -0.394 e. The average molecular weight is 1300 g/mol. The number of allylic oxidation sites excluding steroid dienone is 19. The van der Waals surface area contributed by atoms with Crippen LogP contribution in [0.25, 0.3) is 0 Å². The van der Waals surface area contributed by atoms with Crippen molar-refractivity contribution in [1.82, 2.24) is 5.32 Å². The largest absolute Gasteiger partial charge is 0.394 e. The molecule has 3 aliphatic rings. The second kappa shape index (κ2) is 53.3. The number of carbonyl (C=O) groups is 1. The molecule has 3 aliphatic heterocycles. The van der Waals surface area contributed by atoms with Gasteiger partial charge in [0.05, 0.1) is 38.6 Å². The highest BCUT2D eigenvalue weighted by molar-refractivity contribution is 5.76. The van der Waals surface area contributed by atoms with Gasteiger partial charge in [-0.3, -0.25) is 4.79 Å². The summed E-state index contributed by atoms with van der Waals surface area (Å²) in [7, 11) is 0. The van der Waals surface area contributed by atoms with Crippen molar-refractivity contribution in [3.05, 3.63) is 122 Å². The molecule has 0 aromatic rings. The van der Waals surface area contributed by atoms with Gasteiger partial charge >= 0.3 is 0 Å². The molecular weight excluding hydrogens is 1180 g/mol. The number of hydrogen-bond acceptors (Lipinski definition) is 18. The number of amides is 1. The number of ether oxygens (including phenoxy) is 6. The monoisotopic (exact) mass is 1300 g/mol. The van der Waals surface area contributed by atoms with E-state index in [1.807, 2.05) is 18.2 Å². The predicted octanol–water partition coefficient (Wildman–Crippen LogP) is 9.21. The normalized spacial score (nSPS) is 28.5. The molecule has 17 unspecified atom stereocenters. The van der Waals surface area contributed by atoms with Crippen LogP contribution in [-0.4, -0.2) is 193 Å². The molecule has 12 N–H and O–H groups in total. The molecule has 3 rings (SSSR count). The number of unbranched alkanes of at least 4 members (excludes halogenated alkanes) is 17. The number of rotatable bonds is 51. The third-order valence-corrected chi connectivity index (χ3v) is 16.5. The Hall–Kier alpha value is -3.81. The molecule has 19 heteroatoms. The molecule has 3 fully saturated rings. The number of carbonyl (C=O) groups excluding carboxylic acids is 1. The molecular formula is C73H121NO18. The Bertz CT molecular complexity index is 2140. The minimum atomic E-state index is -2.00. The highest BCUT2D eigenvalue weighted by Crippen LogP contribution is 2.33. The molecule has 0 spiro atoms. The van der Waals surface area contributed by atoms with Gasteiger partial charge in [-0.05, 0) is 96.3 Å². The maximum Gasteiger partial charge on any atom is 0.220 e. The molecule has 0 radical (unpaired) electrons. The molecule has 0 aromatic carbocycles. The first-order valence-electron chi connectivity index (χ1n) is 34.8. The van der Waals surface area contributed by atoms with Crippen LogP contribution in [0.3, 0.4) is 0 Å². The van der Waals surface area contributed by atoms with Crippen LogP contribution < -0.4 is 5.32 Å². The molecule has 1 amide bonds. The molecule has 0 saturated carbocycles. The predicted molar refractivity (Wildman–Crippen MR) is 360 cm³/mol. The van der Waals surface area contributed by atoms with E-state index in [-0.39, 0.29) is 12.3 Å². The van der Waals surface area contributed by atoms with Crippen LogP contribution in [0.2, 0.25) is 0 Å². The Labute approximate surface area is 550 Å². The third kappa shape index (κ3) is 34.7. The first-order valence-corrected chi connectivity index (χ1v) is 34.8. The van der Waals surface area contributed by atoms with Crippen LogP contribution >= 0.6 is 0 Å². The molecule has 3 saturated heterocycles. The van der Waals surface area contributed by atoms with Crippen LogP contribution in [-0.2, 0) is 33.2 Å².